The van der Waals surface area contributed by atoms with E-state index < -0.39 is 0 Å². The Kier molecular flexibility index (Phi) is 2.63. The molecule has 2 N–H and O–H groups in total. The molecule has 0 saturated carbocycles. The molecule has 0 spiro atoms. The Bertz CT molecular complexity index is 778. The molecule has 3 nitrogen and oxygen atoms in total. The maximum atomic E-state index is 5.85. The van der Waals surface area contributed by atoms with E-state index in [2.05, 4.69) is 33.5 Å². The van der Waals surface area contributed by atoms with Gasteiger partial charge >= 0.3 is 0 Å². The van der Waals surface area contributed by atoms with Gasteiger partial charge in [0.25, 0.3) is 0 Å². The second-order valence-corrected chi connectivity index (χ2v) is 6.15. The monoisotopic (exact) mass is 281 g/mol. The highest BCUT2D eigenvalue weighted by Crippen LogP contribution is 2.32. The quantitative estimate of drug-likeness (QED) is 0.695. The van der Waals surface area contributed by atoms with Crippen molar-refractivity contribution in [2.45, 2.75) is 13.0 Å². The Morgan fingerprint density at radius 2 is 2.15 bits per heavy atom. The van der Waals surface area contributed by atoms with Gasteiger partial charge in [-0.05, 0) is 47.7 Å². The molecule has 0 radical (unpaired) electrons. The van der Waals surface area contributed by atoms with Gasteiger partial charge in [0.15, 0.2) is 0 Å². The lowest BCUT2D eigenvalue weighted by Crippen LogP contribution is -2.29. The minimum Gasteiger partial charge on any atom is -0.399 e. The van der Waals surface area contributed by atoms with Gasteiger partial charge in [-0.15, -0.1) is 11.3 Å². The third kappa shape index (κ3) is 1.84. The summed E-state index contributed by atoms with van der Waals surface area (Å²) in [7, 11) is 0. The van der Waals surface area contributed by atoms with E-state index in [0.717, 1.165) is 30.7 Å². The van der Waals surface area contributed by atoms with Crippen molar-refractivity contribution in [2.24, 2.45) is 0 Å². The van der Waals surface area contributed by atoms with Gasteiger partial charge in [0, 0.05) is 40.9 Å². The van der Waals surface area contributed by atoms with Gasteiger partial charge in [-0.3, -0.25) is 4.98 Å². The molecule has 3 heterocycles. The van der Waals surface area contributed by atoms with Gasteiger partial charge in [-0.1, -0.05) is 0 Å². The Labute approximate surface area is 121 Å². The number of rotatable bonds is 1. The van der Waals surface area contributed by atoms with Crippen LogP contribution in [-0.4, -0.2) is 11.5 Å². The molecule has 0 atom stereocenters. The Balaban J connectivity index is 1.80. The van der Waals surface area contributed by atoms with Crippen molar-refractivity contribution in [2.75, 3.05) is 17.2 Å². The van der Waals surface area contributed by atoms with E-state index in [-0.39, 0.29) is 0 Å². The van der Waals surface area contributed by atoms with Crippen LogP contribution in [0.4, 0.5) is 11.4 Å². The van der Waals surface area contributed by atoms with Crippen LogP contribution in [0.1, 0.15) is 10.4 Å². The number of pyridine rings is 1. The molecule has 2 aromatic heterocycles. The summed E-state index contributed by atoms with van der Waals surface area (Å²) in [4.78, 5) is 8.40. The molecule has 4 heteroatoms. The minimum absolute atomic E-state index is 0.765. The van der Waals surface area contributed by atoms with Gasteiger partial charge in [0.05, 0.1) is 5.52 Å². The fraction of sp³-hybridized carbons (Fsp3) is 0.188. The molecule has 0 saturated heterocycles. The molecule has 4 rings (SSSR count). The van der Waals surface area contributed by atoms with E-state index >= 15 is 0 Å². The maximum absolute atomic E-state index is 5.85. The molecule has 1 aliphatic heterocycles. The highest BCUT2D eigenvalue weighted by Gasteiger charge is 2.19. The number of anilines is 2. The van der Waals surface area contributed by atoms with Gasteiger partial charge in [-0.25, -0.2) is 0 Å². The number of nitrogen functional groups attached to an aromatic ring is 1. The Morgan fingerprint density at radius 3 is 3.10 bits per heavy atom. The summed E-state index contributed by atoms with van der Waals surface area (Å²) < 4.78 is 0. The van der Waals surface area contributed by atoms with E-state index in [1.165, 1.54) is 21.5 Å². The average molecular weight is 281 g/mol. The summed E-state index contributed by atoms with van der Waals surface area (Å²) in [6, 6.07) is 10.3. The van der Waals surface area contributed by atoms with Gasteiger partial charge in [0.2, 0.25) is 0 Å². The normalized spacial score (nSPS) is 14.5. The maximum Gasteiger partial charge on any atom is 0.0743 e. The van der Waals surface area contributed by atoms with E-state index in [1.54, 1.807) is 0 Å². The Hall–Kier alpha value is -2.07. The van der Waals surface area contributed by atoms with Crippen molar-refractivity contribution in [3.05, 3.63) is 52.3 Å². The number of benzene rings is 1. The first-order valence-corrected chi connectivity index (χ1v) is 7.64. The van der Waals surface area contributed by atoms with Crippen molar-refractivity contribution in [1.29, 1.82) is 0 Å². The molecule has 20 heavy (non-hydrogen) atoms. The molecule has 1 aromatic carbocycles. The molecular weight excluding hydrogens is 266 g/mol. The van der Waals surface area contributed by atoms with Gasteiger partial charge < -0.3 is 10.6 Å². The van der Waals surface area contributed by atoms with E-state index in [0.29, 0.717) is 0 Å². The SMILES string of the molecule is Nc1ccc2c(N3CCc4sccc4C3)ccnc2c1. The molecular formula is C16H15N3S. The summed E-state index contributed by atoms with van der Waals surface area (Å²) in [5.74, 6) is 0. The van der Waals surface area contributed by atoms with Crippen LogP contribution in [0.3, 0.4) is 0 Å². The first kappa shape index (κ1) is 11.7. The smallest absolute Gasteiger partial charge is 0.0743 e. The number of hydrogen-bond acceptors (Lipinski definition) is 4. The fourth-order valence-corrected chi connectivity index (χ4v) is 3.77. The summed E-state index contributed by atoms with van der Waals surface area (Å²) in [5, 5.41) is 3.37. The third-order valence-electron chi connectivity index (χ3n) is 3.89. The van der Waals surface area contributed by atoms with Crippen LogP contribution in [0.15, 0.2) is 41.9 Å². The summed E-state index contributed by atoms with van der Waals surface area (Å²) in [5.41, 5.74) is 10.3. The number of fused-ring (bicyclic) bond motifs is 2. The molecule has 1 aliphatic rings. The molecule has 0 bridgehead atoms. The Morgan fingerprint density at radius 1 is 1.20 bits per heavy atom. The third-order valence-corrected chi connectivity index (χ3v) is 4.92. The van der Waals surface area contributed by atoms with E-state index in [9.17, 15) is 0 Å². The number of aromatic nitrogens is 1. The van der Waals surface area contributed by atoms with Gasteiger partial charge in [0.1, 0.15) is 0 Å². The summed E-state index contributed by atoms with van der Waals surface area (Å²) in [6.45, 7) is 2.05. The highest BCUT2D eigenvalue weighted by atomic mass is 32.1. The standard InChI is InChI=1S/C16H15N3S/c17-12-1-2-13-14(9-12)18-6-3-15(13)19-7-4-16-11(10-19)5-8-20-16/h1-3,5-6,8-9H,4,7,10,17H2. The van der Waals surface area contributed by atoms with E-state index in [1.807, 2.05) is 29.7 Å². The molecule has 0 aliphatic carbocycles. The fourth-order valence-electron chi connectivity index (χ4n) is 2.88. The van der Waals surface area contributed by atoms with Crippen LogP contribution in [-0.2, 0) is 13.0 Å². The summed E-state index contributed by atoms with van der Waals surface area (Å²) in [6.07, 6.45) is 3.01. The molecule has 3 aromatic rings. The lowest BCUT2D eigenvalue weighted by atomic mass is 10.1. The second-order valence-electron chi connectivity index (χ2n) is 5.15. The lowest BCUT2D eigenvalue weighted by Gasteiger charge is -2.29. The van der Waals surface area contributed by atoms with Crippen LogP contribution in [0.5, 0.6) is 0 Å². The van der Waals surface area contributed by atoms with E-state index in [4.69, 9.17) is 5.73 Å². The zero-order valence-corrected chi connectivity index (χ0v) is 11.9. The topological polar surface area (TPSA) is 42.1 Å². The number of nitrogens with zero attached hydrogens (tertiary/aromatic N) is 2. The number of hydrogen-bond donors (Lipinski definition) is 1. The zero-order valence-electron chi connectivity index (χ0n) is 11.0. The minimum atomic E-state index is 0.765. The van der Waals surface area contributed by atoms with Crippen LogP contribution >= 0.6 is 11.3 Å². The van der Waals surface area contributed by atoms with Crippen LogP contribution in [0.2, 0.25) is 0 Å². The molecule has 0 fully saturated rings. The predicted molar refractivity (Wildman–Crippen MR) is 85.2 cm³/mol. The highest BCUT2D eigenvalue weighted by molar-refractivity contribution is 7.10. The first-order valence-electron chi connectivity index (χ1n) is 6.76. The van der Waals surface area contributed by atoms with Crippen LogP contribution in [0.25, 0.3) is 10.9 Å². The van der Waals surface area contributed by atoms with Crippen molar-refractivity contribution in [3.8, 4) is 0 Å². The van der Waals surface area contributed by atoms with Crippen LogP contribution < -0.4 is 10.6 Å². The molecule has 0 unspecified atom stereocenters. The predicted octanol–water partition coefficient (Wildman–Crippen LogP) is 3.44. The lowest BCUT2D eigenvalue weighted by molar-refractivity contribution is 0.746. The number of thiophene rings is 1. The van der Waals surface area contributed by atoms with Crippen LogP contribution in [0, 0.1) is 0 Å². The van der Waals surface area contributed by atoms with Crippen molar-refractivity contribution < 1.29 is 0 Å². The van der Waals surface area contributed by atoms with Crippen molar-refractivity contribution in [3.63, 3.8) is 0 Å². The summed E-state index contributed by atoms with van der Waals surface area (Å²) >= 11 is 1.87. The zero-order chi connectivity index (χ0) is 13.5. The van der Waals surface area contributed by atoms with Gasteiger partial charge in [-0.2, -0.15) is 0 Å². The van der Waals surface area contributed by atoms with Crippen molar-refractivity contribution >= 4 is 33.6 Å². The second kappa shape index (κ2) is 4.49. The average Bonchev–Trinajstić information content (AvgIpc) is 2.93. The number of nitrogens with two attached hydrogens (primary N) is 1. The molecule has 100 valence electrons. The largest absolute Gasteiger partial charge is 0.399 e. The molecule has 0 amide bonds. The van der Waals surface area contributed by atoms with Crippen molar-refractivity contribution in [1.82, 2.24) is 4.98 Å². The first-order chi connectivity index (χ1) is 9.81.